The third kappa shape index (κ3) is 4.61. The molecule has 0 saturated carbocycles. The Labute approximate surface area is 102 Å². The Morgan fingerprint density at radius 2 is 2.24 bits per heavy atom. The van der Waals surface area contributed by atoms with Crippen LogP contribution in [0.3, 0.4) is 0 Å². The van der Waals surface area contributed by atoms with Gasteiger partial charge in [0.05, 0.1) is 24.7 Å². The summed E-state index contributed by atoms with van der Waals surface area (Å²) in [5.41, 5.74) is 0. The highest BCUT2D eigenvalue weighted by molar-refractivity contribution is 7.91. The molecule has 0 aromatic rings. The van der Waals surface area contributed by atoms with Crippen molar-refractivity contribution in [1.82, 2.24) is 10.2 Å². The van der Waals surface area contributed by atoms with Crippen molar-refractivity contribution in [2.75, 3.05) is 31.7 Å². The number of sulfone groups is 1. The van der Waals surface area contributed by atoms with E-state index in [2.05, 4.69) is 5.32 Å². The van der Waals surface area contributed by atoms with E-state index in [1.165, 1.54) is 0 Å². The monoisotopic (exact) mass is 264 g/mol. The first kappa shape index (κ1) is 14.4. The molecule has 1 heterocycles. The van der Waals surface area contributed by atoms with Gasteiger partial charge in [-0.15, -0.1) is 0 Å². The Bertz CT molecular complexity index is 369. The molecule has 1 rings (SSSR count). The average Bonchev–Trinajstić information content (AvgIpc) is 2.56. The summed E-state index contributed by atoms with van der Waals surface area (Å²) in [6.07, 6.45) is 0.493. The van der Waals surface area contributed by atoms with Crippen LogP contribution in [0.15, 0.2) is 0 Å². The van der Waals surface area contributed by atoms with Crippen molar-refractivity contribution in [2.45, 2.75) is 25.4 Å². The minimum absolute atomic E-state index is 0.0123. The first-order valence-corrected chi connectivity index (χ1v) is 7.47. The number of aliphatic hydroxyl groups is 1. The molecule has 7 heteroatoms. The van der Waals surface area contributed by atoms with E-state index in [1.807, 2.05) is 6.92 Å². The molecule has 0 bridgehead atoms. The van der Waals surface area contributed by atoms with Crippen molar-refractivity contribution >= 4 is 15.7 Å². The Hall–Kier alpha value is -0.660. The minimum Gasteiger partial charge on any atom is -0.395 e. The number of carbonyl (C=O) groups excluding carboxylic acids is 1. The van der Waals surface area contributed by atoms with E-state index in [0.717, 1.165) is 0 Å². The lowest BCUT2D eigenvalue weighted by atomic mass is 10.2. The number of rotatable bonds is 5. The summed E-state index contributed by atoms with van der Waals surface area (Å²) >= 11 is 0. The van der Waals surface area contributed by atoms with Crippen LogP contribution in [0.2, 0.25) is 0 Å². The van der Waals surface area contributed by atoms with E-state index in [0.29, 0.717) is 6.42 Å². The standard InChI is InChI=1S/C10H20N2O4S/c1-8(6-13)12(2)5-10(14)11-9-3-4-17(15,16)7-9/h8-9,13H,3-7H2,1-2H3,(H,11,14). The van der Waals surface area contributed by atoms with Gasteiger partial charge in [-0.05, 0) is 20.4 Å². The normalized spacial score (nSPS) is 24.8. The van der Waals surface area contributed by atoms with E-state index in [4.69, 9.17) is 5.11 Å². The molecule has 2 unspecified atom stereocenters. The third-order valence-corrected chi connectivity index (χ3v) is 4.78. The zero-order valence-electron chi connectivity index (χ0n) is 10.2. The summed E-state index contributed by atoms with van der Waals surface area (Å²) in [4.78, 5) is 13.3. The zero-order chi connectivity index (χ0) is 13.1. The van der Waals surface area contributed by atoms with Crippen LogP contribution in [0, 0.1) is 0 Å². The van der Waals surface area contributed by atoms with Gasteiger partial charge in [0, 0.05) is 12.1 Å². The maximum absolute atomic E-state index is 11.6. The molecule has 0 aliphatic carbocycles. The van der Waals surface area contributed by atoms with E-state index in [-0.39, 0.29) is 42.6 Å². The van der Waals surface area contributed by atoms with Crippen LogP contribution in [-0.2, 0) is 14.6 Å². The van der Waals surface area contributed by atoms with Crippen molar-refractivity contribution in [3.05, 3.63) is 0 Å². The lowest BCUT2D eigenvalue weighted by molar-refractivity contribution is -0.123. The largest absolute Gasteiger partial charge is 0.395 e. The number of nitrogens with zero attached hydrogens (tertiary/aromatic N) is 1. The molecule has 100 valence electrons. The number of nitrogens with one attached hydrogen (secondary N) is 1. The van der Waals surface area contributed by atoms with Gasteiger partial charge in [0.15, 0.2) is 9.84 Å². The second kappa shape index (κ2) is 5.79. The van der Waals surface area contributed by atoms with Crippen LogP contribution in [-0.4, -0.2) is 68.1 Å². The first-order valence-electron chi connectivity index (χ1n) is 5.65. The molecule has 2 atom stereocenters. The smallest absolute Gasteiger partial charge is 0.234 e. The fourth-order valence-corrected chi connectivity index (χ4v) is 3.38. The highest BCUT2D eigenvalue weighted by Crippen LogP contribution is 2.11. The highest BCUT2D eigenvalue weighted by Gasteiger charge is 2.29. The molecule has 1 saturated heterocycles. The topological polar surface area (TPSA) is 86.7 Å². The Balaban J connectivity index is 2.36. The molecule has 2 N–H and O–H groups in total. The van der Waals surface area contributed by atoms with Gasteiger partial charge in [0.1, 0.15) is 0 Å². The Kier molecular flexibility index (Phi) is 4.91. The van der Waals surface area contributed by atoms with E-state index >= 15 is 0 Å². The zero-order valence-corrected chi connectivity index (χ0v) is 11.0. The van der Waals surface area contributed by atoms with Gasteiger partial charge in [-0.1, -0.05) is 0 Å². The molecule has 1 amide bonds. The van der Waals surface area contributed by atoms with Crippen LogP contribution in [0.25, 0.3) is 0 Å². The predicted octanol–water partition coefficient (Wildman–Crippen LogP) is -1.40. The summed E-state index contributed by atoms with van der Waals surface area (Å²) in [5, 5.41) is 11.6. The molecule has 6 nitrogen and oxygen atoms in total. The summed E-state index contributed by atoms with van der Waals surface area (Å²) in [6, 6.07) is -0.349. The number of carbonyl (C=O) groups is 1. The van der Waals surface area contributed by atoms with Gasteiger partial charge in [0.25, 0.3) is 0 Å². The average molecular weight is 264 g/mol. The third-order valence-electron chi connectivity index (χ3n) is 3.01. The molecule has 0 aromatic heterocycles. The van der Waals surface area contributed by atoms with E-state index < -0.39 is 9.84 Å². The minimum atomic E-state index is -2.96. The van der Waals surface area contributed by atoms with Crippen molar-refractivity contribution in [1.29, 1.82) is 0 Å². The molecule has 17 heavy (non-hydrogen) atoms. The van der Waals surface area contributed by atoms with Gasteiger partial charge in [-0.25, -0.2) is 8.42 Å². The van der Waals surface area contributed by atoms with Crippen molar-refractivity contribution in [2.24, 2.45) is 0 Å². The fourth-order valence-electron chi connectivity index (χ4n) is 1.70. The van der Waals surface area contributed by atoms with E-state index in [1.54, 1.807) is 11.9 Å². The SMILES string of the molecule is CC(CO)N(C)CC(=O)NC1CCS(=O)(=O)C1. The van der Waals surface area contributed by atoms with Gasteiger partial charge < -0.3 is 10.4 Å². The quantitative estimate of drug-likeness (QED) is 0.638. The predicted molar refractivity (Wildman–Crippen MR) is 64.4 cm³/mol. The molecule has 0 spiro atoms. The van der Waals surface area contributed by atoms with E-state index in [9.17, 15) is 13.2 Å². The number of likely N-dealkylation sites (N-methyl/N-ethyl adjacent to an activating group) is 1. The van der Waals surface area contributed by atoms with Crippen molar-refractivity contribution < 1.29 is 18.3 Å². The molecule has 0 radical (unpaired) electrons. The lowest BCUT2D eigenvalue weighted by Crippen LogP contribution is -2.44. The number of hydrogen-bond donors (Lipinski definition) is 2. The first-order chi connectivity index (χ1) is 7.84. The van der Waals surface area contributed by atoms with Gasteiger partial charge in [-0.2, -0.15) is 0 Å². The lowest BCUT2D eigenvalue weighted by Gasteiger charge is -2.22. The summed E-state index contributed by atoms with van der Waals surface area (Å²) in [7, 11) is -1.22. The Morgan fingerprint density at radius 1 is 1.59 bits per heavy atom. The Morgan fingerprint density at radius 3 is 2.71 bits per heavy atom. The van der Waals surface area contributed by atoms with Crippen LogP contribution in [0.1, 0.15) is 13.3 Å². The van der Waals surface area contributed by atoms with Gasteiger partial charge in [0.2, 0.25) is 5.91 Å². The van der Waals surface area contributed by atoms with Crippen LogP contribution < -0.4 is 5.32 Å². The molecule has 1 aliphatic heterocycles. The molecule has 1 aliphatic rings. The van der Waals surface area contributed by atoms with Crippen molar-refractivity contribution in [3.8, 4) is 0 Å². The highest BCUT2D eigenvalue weighted by atomic mass is 32.2. The number of amides is 1. The maximum atomic E-state index is 11.6. The molecular formula is C10H20N2O4S. The second-order valence-electron chi connectivity index (χ2n) is 4.61. The van der Waals surface area contributed by atoms with Crippen LogP contribution in [0.4, 0.5) is 0 Å². The summed E-state index contributed by atoms with van der Waals surface area (Å²) in [5.74, 6) is -0.00588. The van der Waals surface area contributed by atoms with Gasteiger partial charge in [-0.3, -0.25) is 9.69 Å². The summed E-state index contributed by atoms with van der Waals surface area (Å²) in [6.45, 7) is 1.97. The van der Waals surface area contributed by atoms with Crippen LogP contribution >= 0.6 is 0 Å². The summed E-state index contributed by atoms with van der Waals surface area (Å²) < 4.78 is 22.4. The number of aliphatic hydroxyl groups excluding tert-OH is 1. The van der Waals surface area contributed by atoms with Gasteiger partial charge >= 0.3 is 0 Å². The molecule has 0 aromatic carbocycles. The number of hydrogen-bond acceptors (Lipinski definition) is 5. The van der Waals surface area contributed by atoms with Crippen molar-refractivity contribution in [3.63, 3.8) is 0 Å². The maximum Gasteiger partial charge on any atom is 0.234 e. The van der Waals surface area contributed by atoms with Crippen LogP contribution in [0.5, 0.6) is 0 Å². The molecular weight excluding hydrogens is 244 g/mol. The second-order valence-corrected chi connectivity index (χ2v) is 6.84. The fraction of sp³-hybridized carbons (Fsp3) is 0.900. The molecule has 1 fully saturated rings.